The van der Waals surface area contributed by atoms with Crippen molar-refractivity contribution in [3.63, 3.8) is 0 Å². The fourth-order valence-corrected chi connectivity index (χ4v) is 2.33. The molecule has 0 aliphatic rings. The SMILES string of the molecule is COc1cc(OC)cc(C(O)CNC(=O)[C@@H](N)CCSC)c1.Cl. The Kier molecular flexibility index (Phi) is 10.8. The van der Waals surface area contributed by atoms with Crippen molar-refractivity contribution in [2.24, 2.45) is 5.73 Å². The van der Waals surface area contributed by atoms with Crippen LogP contribution in [-0.4, -0.2) is 49.8 Å². The van der Waals surface area contributed by atoms with Crippen LogP contribution in [0.4, 0.5) is 0 Å². The van der Waals surface area contributed by atoms with Gasteiger partial charge in [-0.3, -0.25) is 4.79 Å². The van der Waals surface area contributed by atoms with Crippen molar-refractivity contribution in [1.29, 1.82) is 0 Å². The van der Waals surface area contributed by atoms with Gasteiger partial charge in [-0.2, -0.15) is 11.8 Å². The summed E-state index contributed by atoms with van der Waals surface area (Å²) in [4.78, 5) is 11.8. The summed E-state index contributed by atoms with van der Waals surface area (Å²) in [6, 6.07) is 4.56. The van der Waals surface area contributed by atoms with Crippen LogP contribution >= 0.6 is 24.2 Å². The molecule has 1 unspecified atom stereocenters. The highest BCUT2D eigenvalue weighted by molar-refractivity contribution is 7.98. The number of rotatable bonds is 9. The zero-order valence-electron chi connectivity index (χ0n) is 13.6. The van der Waals surface area contributed by atoms with Gasteiger partial charge in [0.1, 0.15) is 11.5 Å². The molecule has 0 fully saturated rings. The van der Waals surface area contributed by atoms with E-state index >= 15 is 0 Å². The lowest BCUT2D eigenvalue weighted by Crippen LogP contribution is -2.42. The molecule has 8 heteroatoms. The molecule has 23 heavy (non-hydrogen) atoms. The maximum absolute atomic E-state index is 11.8. The van der Waals surface area contributed by atoms with Gasteiger partial charge in [0.05, 0.1) is 26.4 Å². The number of carbonyl (C=O) groups is 1. The molecule has 4 N–H and O–H groups in total. The van der Waals surface area contributed by atoms with Crippen LogP contribution in [0.2, 0.25) is 0 Å². The topological polar surface area (TPSA) is 93.8 Å². The van der Waals surface area contributed by atoms with Crippen LogP contribution in [0, 0.1) is 0 Å². The summed E-state index contributed by atoms with van der Waals surface area (Å²) >= 11 is 1.64. The number of halogens is 1. The Morgan fingerprint density at radius 1 is 1.30 bits per heavy atom. The van der Waals surface area contributed by atoms with Crippen LogP contribution in [0.5, 0.6) is 11.5 Å². The molecule has 0 aliphatic heterocycles. The first kappa shape index (κ1) is 21.9. The third-order valence-electron chi connectivity index (χ3n) is 3.20. The van der Waals surface area contributed by atoms with E-state index in [9.17, 15) is 9.90 Å². The fourth-order valence-electron chi connectivity index (χ4n) is 1.84. The van der Waals surface area contributed by atoms with E-state index < -0.39 is 12.1 Å². The summed E-state index contributed by atoms with van der Waals surface area (Å²) in [6.45, 7) is 0.0854. The number of thioether (sulfide) groups is 1. The summed E-state index contributed by atoms with van der Waals surface area (Å²) in [5.74, 6) is 1.72. The second-order valence-electron chi connectivity index (χ2n) is 4.79. The first-order valence-corrected chi connectivity index (χ1v) is 8.34. The molecule has 0 spiro atoms. The van der Waals surface area contributed by atoms with E-state index in [0.29, 0.717) is 23.5 Å². The average Bonchev–Trinajstić information content (AvgIpc) is 2.56. The summed E-state index contributed by atoms with van der Waals surface area (Å²) < 4.78 is 10.3. The van der Waals surface area contributed by atoms with Crippen LogP contribution < -0.4 is 20.5 Å². The molecular formula is C15H25ClN2O4S. The minimum atomic E-state index is -0.860. The molecule has 1 aromatic carbocycles. The van der Waals surface area contributed by atoms with E-state index in [1.807, 2.05) is 6.26 Å². The van der Waals surface area contributed by atoms with Gasteiger partial charge >= 0.3 is 0 Å². The number of nitrogens with two attached hydrogens (primary N) is 1. The number of aliphatic hydroxyl groups excluding tert-OH is 1. The smallest absolute Gasteiger partial charge is 0.237 e. The van der Waals surface area contributed by atoms with Crippen molar-refractivity contribution >= 4 is 30.1 Å². The molecular weight excluding hydrogens is 340 g/mol. The summed E-state index contributed by atoms with van der Waals surface area (Å²) in [6.07, 6.45) is 1.71. The summed E-state index contributed by atoms with van der Waals surface area (Å²) in [7, 11) is 3.08. The highest BCUT2D eigenvalue weighted by Gasteiger charge is 2.16. The van der Waals surface area contributed by atoms with Gasteiger partial charge in [-0.25, -0.2) is 0 Å². The third kappa shape index (κ3) is 7.30. The lowest BCUT2D eigenvalue weighted by Gasteiger charge is -2.16. The summed E-state index contributed by atoms with van der Waals surface area (Å²) in [5, 5.41) is 12.9. The average molecular weight is 365 g/mol. The van der Waals surface area contributed by atoms with Crippen LogP contribution in [0.3, 0.4) is 0 Å². The standard InChI is InChI=1S/C15H24N2O4S.ClH/c1-20-11-6-10(7-12(8-11)21-2)14(18)9-17-15(19)13(16)4-5-22-3;/h6-8,13-14,18H,4-5,9,16H2,1-3H3,(H,17,19);1H/t13-,14?;/m0./s1. The van der Waals surface area contributed by atoms with Gasteiger partial charge < -0.3 is 25.6 Å². The number of hydrogen-bond donors (Lipinski definition) is 3. The van der Waals surface area contributed by atoms with Gasteiger partial charge in [0, 0.05) is 12.6 Å². The van der Waals surface area contributed by atoms with E-state index in [4.69, 9.17) is 15.2 Å². The van der Waals surface area contributed by atoms with Crippen LogP contribution in [0.15, 0.2) is 18.2 Å². The quantitative estimate of drug-likeness (QED) is 0.612. The van der Waals surface area contributed by atoms with Crippen molar-refractivity contribution in [2.45, 2.75) is 18.6 Å². The Morgan fingerprint density at radius 2 is 1.87 bits per heavy atom. The van der Waals surface area contributed by atoms with Crippen LogP contribution in [0.1, 0.15) is 18.1 Å². The number of hydrogen-bond acceptors (Lipinski definition) is 6. The van der Waals surface area contributed by atoms with Crippen LogP contribution in [-0.2, 0) is 4.79 Å². The minimum absolute atomic E-state index is 0. The van der Waals surface area contributed by atoms with E-state index in [-0.39, 0.29) is 24.9 Å². The number of nitrogens with one attached hydrogen (secondary N) is 1. The normalized spacial score (nSPS) is 12.7. The Hall–Kier alpha value is -1.15. The minimum Gasteiger partial charge on any atom is -0.497 e. The van der Waals surface area contributed by atoms with Crippen molar-refractivity contribution in [2.75, 3.05) is 32.8 Å². The second kappa shape index (κ2) is 11.4. The Balaban J connectivity index is 0.00000484. The van der Waals surface area contributed by atoms with Gasteiger partial charge in [0.2, 0.25) is 5.91 Å². The lowest BCUT2D eigenvalue weighted by atomic mass is 10.1. The number of carbonyl (C=O) groups excluding carboxylic acids is 1. The molecule has 0 heterocycles. The van der Waals surface area contributed by atoms with Crippen LogP contribution in [0.25, 0.3) is 0 Å². The molecule has 0 saturated carbocycles. The number of amides is 1. The third-order valence-corrected chi connectivity index (χ3v) is 3.84. The first-order chi connectivity index (χ1) is 10.5. The number of aliphatic hydroxyl groups is 1. The summed E-state index contributed by atoms with van der Waals surface area (Å²) in [5.41, 5.74) is 6.38. The number of ether oxygens (including phenoxy) is 2. The Labute approximate surface area is 147 Å². The highest BCUT2D eigenvalue weighted by Crippen LogP contribution is 2.26. The van der Waals surface area contributed by atoms with Crippen molar-refractivity contribution in [3.8, 4) is 11.5 Å². The molecule has 0 aliphatic carbocycles. The van der Waals surface area contributed by atoms with Crippen molar-refractivity contribution in [3.05, 3.63) is 23.8 Å². The lowest BCUT2D eigenvalue weighted by molar-refractivity contribution is -0.122. The van der Waals surface area contributed by atoms with Gasteiger partial charge in [0.25, 0.3) is 0 Å². The second-order valence-corrected chi connectivity index (χ2v) is 5.78. The van der Waals surface area contributed by atoms with Gasteiger partial charge in [0.15, 0.2) is 0 Å². The molecule has 132 valence electrons. The van der Waals surface area contributed by atoms with Gasteiger partial charge in [-0.05, 0) is 36.1 Å². The number of methoxy groups -OCH3 is 2. The maximum Gasteiger partial charge on any atom is 0.237 e. The zero-order chi connectivity index (χ0) is 16.5. The van der Waals surface area contributed by atoms with E-state index in [1.165, 1.54) is 14.2 Å². The van der Waals surface area contributed by atoms with Crippen molar-refractivity contribution in [1.82, 2.24) is 5.32 Å². The molecule has 1 rings (SSSR count). The highest BCUT2D eigenvalue weighted by atomic mass is 35.5. The molecule has 2 atom stereocenters. The number of benzene rings is 1. The molecule has 0 saturated heterocycles. The molecule has 1 amide bonds. The monoisotopic (exact) mass is 364 g/mol. The van der Waals surface area contributed by atoms with E-state index in [2.05, 4.69) is 5.32 Å². The maximum atomic E-state index is 11.8. The molecule has 6 nitrogen and oxygen atoms in total. The van der Waals surface area contributed by atoms with E-state index in [1.54, 1.807) is 30.0 Å². The Bertz CT molecular complexity index is 468. The first-order valence-electron chi connectivity index (χ1n) is 6.95. The molecule has 1 aromatic rings. The zero-order valence-corrected chi connectivity index (χ0v) is 15.2. The molecule has 0 radical (unpaired) electrons. The predicted octanol–water partition coefficient (Wildman–Crippen LogP) is 1.36. The largest absolute Gasteiger partial charge is 0.497 e. The van der Waals surface area contributed by atoms with E-state index in [0.717, 1.165) is 5.75 Å². The molecule has 0 bridgehead atoms. The van der Waals surface area contributed by atoms with Gasteiger partial charge in [-0.1, -0.05) is 0 Å². The van der Waals surface area contributed by atoms with Gasteiger partial charge in [-0.15, -0.1) is 12.4 Å². The van der Waals surface area contributed by atoms with Crippen molar-refractivity contribution < 1.29 is 19.4 Å². The predicted molar refractivity (Wildman–Crippen MR) is 95.7 cm³/mol. The fraction of sp³-hybridized carbons (Fsp3) is 0.533. The Morgan fingerprint density at radius 3 is 2.35 bits per heavy atom. The molecule has 0 aromatic heterocycles.